The highest BCUT2D eigenvalue weighted by molar-refractivity contribution is 8.04. The number of hydrogen-bond acceptors (Lipinski definition) is 4. The van der Waals surface area contributed by atoms with E-state index in [1.807, 2.05) is 30.5 Å². The predicted molar refractivity (Wildman–Crippen MR) is 136 cm³/mol. The molecule has 2 aromatic heterocycles. The second kappa shape index (κ2) is 11.2. The van der Waals surface area contributed by atoms with Crippen LogP contribution in [0.15, 0.2) is 64.7 Å². The van der Waals surface area contributed by atoms with E-state index in [-0.39, 0.29) is 30.7 Å². The minimum atomic E-state index is 0. The highest BCUT2D eigenvalue weighted by Gasteiger charge is 2.23. The van der Waals surface area contributed by atoms with Gasteiger partial charge in [0.2, 0.25) is 0 Å². The zero-order valence-electron chi connectivity index (χ0n) is 17.8. The molecule has 1 aromatic carbocycles. The third kappa shape index (κ3) is 5.49. The van der Waals surface area contributed by atoms with Crippen molar-refractivity contribution in [1.29, 1.82) is 0 Å². The number of nitrogens with one attached hydrogen (secondary N) is 1. The van der Waals surface area contributed by atoms with E-state index in [4.69, 9.17) is 0 Å². The van der Waals surface area contributed by atoms with Gasteiger partial charge in [-0.1, -0.05) is 48.2 Å². The summed E-state index contributed by atoms with van der Waals surface area (Å²) in [5.74, 6) is 0.584. The molecule has 2 aliphatic heterocycles. The molecule has 4 heterocycles. The molecule has 0 atom stereocenters. The Morgan fingerprint density at radius 2 is 1.84 bits per heavy atom. The van der Waals surface area contributed by atoms with Crippen molar-refractivity contribution in [2.75, 3.05) is 26.2 Å². The number of benzene rings is 1. The SMILES string of the molecule is Cl.Cl.O=C(NCC1CCN(CCc2ccccc2)CC1)C1=Cc2cnc3cccc(n23)S1. The zero-order valence-corrected chi connectivity index (χ0v) is 20.2. The molecule has 0 unspecified atom stereocenters. The van der Waals surface area contributed by atoms with Crippen LogP contribution >= 0.6 is 36.6 Å². The van der Waals surface area contributed by atoms with Gasteiger partial charge in [0.15, 0.2) is 0 Å². The molecule has 1 fully saturated rings. The summed E-state index contributed by atoms with van der Waals surface area (Å²) in [5.41, 5.74) is 3.29. The number of carbonyl (C=O) groups is 1. The molecule has 8 heteroatoms. The Morgan fingerprint density at radius 1 is 1.06 bits per heavy atom. The first-order chi connectivity index (χ1) is 14.8. The summed E-state index contributed by atoms with van der Waals surface area (Å²) in [4.78, 5) is 20.5. The van der Waals surface area contributed by atoms with Crippen LogP contribution in [0.25, 0.3) is 11.7 Å². The van der Waals surface area contributed by atoms with E-state index < -0.39 is 0 Å². The Bertz CT molecular complexity index is 1080. The lowest BCUT2D eigenvalue weighted by molar-refractivity contribution is -0.117. The summed E-state index contributed by atoms with van der Waals surface area (Å²) >= 11 is 1.52. The van der Waals surface area contributed by atoms with E-state index in [9.17, 15) is 4.79 Å². The summed E-state index contributed by atoms with van der Waals surface area (Å²) in [5, 5.41) is 4.21. The molecule has 1 saturated heterocycles. The quantitative estimate of drug-likeness (QED) is 0.544. The van der Waals surface area contributed by atoms with E-state index in [0.29, 0.717) is 5.92 Å². The fourth-order valence-electron chi connectivity index (χ4n) is 4.27. The third-order valence-corrected chi connectivity index (χ3v) is 7.11. The summed E-state index contributed by atoms with van der Waals surface area (Å²) in [6, 6.07) is 16.7. The maximum absolute atomic E-state index is 12.8. The van der Waals surface area contributed by atoms with Gasteiger partial charge in [0, 0.05) is 13.1 Å². The van der Waals surface area contributed by atoms with E-state index >= 15 is 0 Å². The van der Waals surface area contributed by atoms with Crippen molar-refractivity contribution in [3.05, 3.63) is 70.9 Å². The number of piperidine rings is 1. The second-order valence-corrected chi connectivity index (χ2v) is 9.14. The highest BCUT2D eigenvalue weighted by atomic mass is 35.5. The molecule has 0 bridgehead atoms. The van der Waals surface area contributed by atoms with Gasteiger partial charge in [-0.2, -0.15) is 0 Å². The Hall–Kier alpha value is -1.99. The van der Waals surface area contributed by atoms with Crippen molar-refractivity contribution in [3.63, 3.8) is 0 Å². The Morgan fingerprint density at radius 3 is 2.62 bits per heavy atom. The van der Waals surface area contributed by atoms with Gasteiger partial charge in [0.05, 0.1) is 21.8 Å². The summed E-state index contributed by atoms with van der Waals surface area (Å²) in [6.45, 7) is 4.11. The van der Waals surface area contributed by atoms with Gasteiger partial charge in [-0.05, 0) is 62.0 Å². The van der Waals surface area contributed by atoms with Gasteiger partial charge < -0.3 is 10.2 Å². The first-order valence-electron chi connectivity index (χ1n) is 10.7. The average Bonchev–Trinajstić information content (AvgIpc) is 3.22. The van der Waals surface area contributed by atoms with Crippen LogP contribution in [0.4, 0.5) is 0 Å². The number of halogens is 2. The molecule has 0 radical (unpaired) electrons. The van der Waals surface area contributed by atoms with Crippen LogP contribution in [0.2, 0.25) is 0 Å². The number of hydrogen-bond donors (Lipinski definition) is 1. The molecular formula is C24H28Cl2N4OS. The fraction of sp³-hybridized carbons (Fsp3) is 0.333. The monoisotopic (exact) mass is 490 g/mol. The lowest BCUT2D eigenvalue weighted by Gasteiger charge is -2.32. The lowest BCUT2D eigenvalue weighted by Crippen LogP contribution is -2.39. The van der Waals surface area contributed by atoms with Crippen LogP contribution < -0.4 is 5.32 Å². The van der Waals surface area contributed by atoms with Crippen molar-refractivity contribution in [1.82, 2.24) is 19.6 Å². The largest absolute Gasteiger partial charge is 0.351 e. The van der Waals surface area contributed by atoms with E-state index in [2.05, 4.69) is 49.9 Å². The van der Waals surface area contributed by atoms with E-state index in [1.54, 1.807) is 0 Å². The van der Waals surface area contributed by atoms with Gasteiger partial charge in [0.1, 0.15) is 5.65 Å². The standard InChI is InChI=1S/C24H26N4OS.2ClH/c29-24(21-15-20-17-25-22-7-4-8-23(30-21)28(20)22)26-16-19-10-13-27(14-11-19)12-9-18-5-2-1-3-6-18;;/h1-8,15,17,19H,9-14,16H2,(H,26,29);2*1H. The normalized spacial score (nSPS) is 16.1. The molecule has 0 aliphatic carbocycles. The minimum absolute atomic E-state index is 0. The number of carbonyl (C=O) groups excluding carboxylic acids is 1. The predicted octanol–water partition coefficient (Wildman–Crippen LogP) is 4.70. The lowest BCUT2D eigenvalue weighted by atomic mass is 9.96. The van der Waals surface area contributed by atoms with Crippen LogP contribution in [0, 0.1) is 5.92 Å². The summed E-state index contributed by atoms with van der Waals surface area (Å²) in [6.07, 6.45) is 7.17. The van der Waals surface area contributed by atoms with Crippen LogP contribution in [0.5, 0.6) is 0 Å². The molecule has 0 saturated carbocycles. The van der Waals surface area contributed by atoms with Crippen molar-refractivity contribution < 1.29 is 4.79 Å². The van der Waals surface area contributed by atoms with Gasteiger partial charge >= 0.3 is 0 Å². The van der Waals surface area contributed by atoms with Gasteiger partial charge in [-0.25, -0.2) is 4.98 Å². The molecule has 1 N–H and O–H groups in total. The zero-order chi connectivity index (χ0) is 20.3. The maximum Gasteiger partial charge on any atom is 0.258 e. The number of amides is 1. The fourth-order valence-corrected chi connectivity index (χ4v) is 5.28. The number of thioether (sulfide) groups is 1. The van der Waals surface area contributed by atoms with Crippen molar-refractivity contribution in [2.24, 2.45) is 5.92 Å². The first kappa shape index (κ1) is 24.6. The number of likely N-dealkylation sites (tertiary alicyclic amines) is 1. The highest BCUT2D eigenvalue weighted by Crippen LogP contribution is 2.34. The summed E-state index contributed by atoms with van der Waals surface area (Å²) in [7, 11) is 0. The molecule has 3 aromatic rings. The van der Waals surface area contributed by atoms with Crippen molar-refractivity contribution in [2.45, 2.75) is 24.3 Å². The van der Waals surface area contributed by atoms with Crippen LogP contribution in [0.3, 0.4) is 0 Å². The summed E-state index contributed by atoms with van der Waals surface area (Å²) < 4.78 is 2.09. The van der Waals surface area contributed by atoms with Crippen molar-refractivity contribution in [3.8, 4) is 0 Å². The maximum atomic E-state index is 12.8. The first-order valence-corrected chi connectivity index (χ1v) is 11.5. The average molecular weight is 491 g/mol. The number of nitrogens with zero attached hydrogens (tertiary/aromatic N) is 3. The molecular weight excluding hydrogens is 463 g/mol. The Kier molecular flexibility index (Phi) is 8.65. The third-order valence-electron chi connectivity index (χ3n) is 6.06. The van der Waals surface area contributed by atoms with Gasteiger partial charge in [-0.15, -0.1) is 24.8 Å². The topological polar surface area (TPSA) is 49.6 Å². The number of pyridine rings is 1. The molecule has 170 valence electrons. The molecule has 32 heavy (non-hydrogen) atoms. The van der Waals surface area contributed by atoms with Gasteiger partial charge in [-0.3, -0.25) is 9.20 Å². The van der Waals surface area contributed by atoms with E-state index in [1.165, 1.54) is 17.3 Å². The number of aromatic nitrogens is 2. The smallest absolute Gasteiger partial charge is 0.258 e. The minimum Gasteiger partial charge on any atom is -0.351 e. The molecule has 5 rings (SSSR count). The second-order valence-electron chi connectivity index (χ2n) is 8.08. The van der Waals surface area contributed by atoms with Crippen molar-refractivity contribution >= 4 is 54.2 Å². The Balaban J connectivity index is 0.00000144. The van der Waals surface area contributed by atoms with E-state index in [0.717, 1.165) is 66.7 Å². The van der Waals surface area contributed by atoms with Crippen LogP contribution in [-0.2, 0) is 11.2 Å². The molecule has 1 amide bonds. The Labute approximate surface area is 205 Å². The van der Waals surface area contributed by atoms with Crippen LogP contribution in [0.1, 0.15) is 24.1 Å². The molecule has 2 aliphatic rings. The molecule has 0 spiro atoms. The number of imidazole rings is 1. The van der Waals surface area contributed by atoms with Crippen LogP contribution in [-0.4, -0.2) is 46.4 Å². The molecule has 5 nitrogen and oxygen atoms in total. The number of rotatable bonds is 6. The van der Waals surface area contributed by atoms with Gasteiger partial charge in [0.25, 0.3) is 5.91 Å².